The van der Waals surface area contributed by atoms with Gasteiger partial charge in [0, 0.05) is 12.3 Å². The van der Waals surface area contributed by atoms with E-state index in [9.17, 15) is 0 Å². The van der Waals surface area contributed by atoms with Gasteiger partial charge < -0.3 is 9.57 Å². The zero-order chi connectivity index (χ0) is 12.8. The predicted octanol–water partition coefficient (Wildman–Crippen LogP) is 3.27. The van der Waals surface area contributed by atoms with Gasteiger partial charge in [-0.05, 0) is 36.3 Å². The molecule has 1 aliphatic rings. The summed E-state index contributed by atoms with van der Waals surface area (Å²) in [7, 11) is 1.60. The summed E-state index contributed by atoms with van der Waals surface area (Å²) < 4.78 is 5.94. The molecule has 1 saturated heterocycles. The lowest BCUT2D eigenvalue weighted by Gasteiger charge is -2.23. The van der Waals surface area contributed by atoms with E-state index in [4.69, 9.17) is 21.2 Å². The van der Waals surface area contributed by atoms with E-state index in [1.165, 1.54) is 12.2 Å². The number of hydrogen-bond donors (Lipinski definition) is 1. The molecule has 0 radical (unpaired) electrons. The minimum Gasteiger partial charge on any atom is -0.488 e. The number of halogens is 1. The minimum absolute atomic E-state index is 0.296. The lowest BCUT2D eigenvalue weighted by atomic mass is 10.2. The van der Waals surface area contributed by atoms with Gasteiger partial charge in [0.15, 0.2) is 0 Å². The van der Waals surface area contributed by atoms with Gasteiger partial charge in [-0.2, -0.15) is 17.2 Å². The first-order valence-corrected chi connectivity index (χ1v) is 7.61. The largest absolute Gasteiger partial charge is 0.488 e. The van der Waals surface area contributed by atoms with Crippen LogP contribution in [0, 0.1) is 0 Å². The molecule has 1 fully saturated rings. The molecule has 1 heterocycles. The van der Waals surface area contributed by atoms with E-state index in [2.05, 4.69) is 5.48 Å². The molecule has 0 aromatic heterocycles. The van der Waals surface area contributed by atoms with Crippen LogP contribution in [0.15, 0.2) is 18.2 Å². The maximum Gasteiger partial charge on any atom is 0.138 e. The molecule has 1 aromatic carbocycles. The van der Waals surface area contributed by atoms with Crippen molar-refractivity contribution in [3.8, 4) is 5.75 Å². The highest BCUT2D eigenvalue weighted by molar-refractivity contribution is 7.99. The zero-order valence-corrected chi connectivity index (χ0v) is 12.0. The summed E-state index contributed by atoms with van der Waals surface area (Å²) in [6, 6.07) is 5.86. The van der Waals surface area contributed by atoms with Gasteiger partial charge in [-0.25, -0.2) is 0 Å². The van der Waals surface area contributed by atoms with Gasteiger partial charge in [0.05, 0.1) is 12.1 Å². The third-order valence-corrected chi connectivity index (χ3v) is 4.31. The smallest absolute Gasteiger partial charge is 0.138 e. The second-order valence-corrected chi connectivity index (χ2v) is 5.80. The van der Waals surface area contributed by atoms with Gasteiger partial charge in [0.2, 0.25) is 0 Å². The second kappa shape index (κ2) is 7.24. The monoisotopic (exact) mass is 287 g/mol. The van der Waals surface area contributed by atoms with E-state index in [0.29, 0.717) is 17.7 Å². The maximum absolute atomic E-state index is 6.23. The Labute approximate surface area is 117 Å². The van der Waals surface area contributed by atoms with Crippen LogP contribution in [0.1, 0.15) is 18.4 Å². The Morgan fingerprint density at radius 1 is 1.50 bits per heavy atom. The third-order valence-electron chi connectivity index (χ3n) is 2.83. The molecule has 0 saturated carbocycles. The van der Waals surface area contributed by atoms with Gasteiger partial charge in [-0.3, -0.25) is 0 Å². The number of ether oxygens (including phenoxy) is 1. The van der Waals surface area contributed by atoms with Crippen LogP contribution in [-0.4, -0.2) is 24.7 Å². The summed E-state index contributed by atoms with van der Waals surface area (Å²) in [4.78, 5) is 4.81. The molecule has 5 heteroatoms. The highest BCUT2D eigenvalue weighted by Crippen LogP contribution is 2.29. The Balaban J connectivity index is 1.95. The molecule has 1 unspecified atom stereocenters. The van der Waals surface area contributed by atoms with Crippen LogP contribution in [0.2, 0.25) is 5.02 Å². The van der Waals surface area contributed by atoms with Crippen LogP contribution in [0.3, 0.4) is 0 Å². The van der Waals surface area contributed by atoms with Crippen molar-refractivity contribution in [1.82, 2.24) is 5.48 Å². The van der Waals surface area contributed by atoms with Crippen molar-refractivity contribution in [2.75, 3.05) is 18.6 Å². The van der Waals surface area contributed by atoms with E-state index in [-0.39, 0.29) is 0 Å². The second-order valence-electron chi connectivity index (χ2n) is 4.25. The Kier molecular flexibility index (Phi) is 5.63. The molecule has 0 amide bonds. The van der Waals surface area contributed by atoms with Gasteiger partial charge in [0.1, 0.15) is 11.9 Å². The van der Waals surface area contributed by atoms with E-state index in [0.717, 1.165) is 23.5 Å². The summed E-state index contributed by atoms with van der Waals surface area (Å²) >= 11 is 8.17. The molecule has 0 bridgehead atoms. The van der Waals surface area contributed by atoms with Crippen molar-refractivity contribution in [3.05, 3.63) is 28.8 Å². The molecular formula is C13H18ClNO2S. The molecule has 0 aliphatic carbocycles. The van der Waals surface area contributed by atoms with Gasteiger partial charge >= 0.3 is 0 Å². The van der Waals surface area contributed by atoms with E-state index in [1.807, 2.05) is 30.0 Å². The molecule has 1 aliphatic heterocycles. The molecule has 18 heavy (non-hydrogen) atoms. The Morgan fingerprint density at radius 2 is 2.39 bits per heavy atom. The Morgan fingerprint density at radius 3 is 3.06 bits per heavy atom. The summed E-state index contributed by atoms with van der Waals surface area (Å²) in [6.45, 7) is 0.635. The molecule has 1 atom stereocenters. The van der Waals surface area contributed by atoms with Crippen molar-refractivity contribution in [3.63, 3.8) is 0 Å². The molecular weight excluding hydrogens is 270 g/mol. The first kappa shape index (κ1) is 14.0. The lowest BCUT2D eigenvalue weighted by Crippen LogP contribution is -2.23. The van der Waals surface area contributed by atoms with Crippen LogP contribution < -0.4 is 10.2 Å². The van der Waals surface area contributed by atoms with Crippen molar-refractivity contribution >= 4 is 23.4 Å². The van der Waals surface area contributed by atoms with Crippen LogP contribution in [-0.2, 0) is 11.4 Å². The van der Waals surface area contributed by atoms with E-state index < -0.39 is 0 Å². The SMILES string of the molecule is CONCc1ccc(OC2CCCSC2)c(Cl)c1. The number of thioether (sulfide) groups is 1. The fourth-order valence-electron chi connectivity index (χ4n) is 1.89. The van der Waals surface area contributed by atoms with Crippen LogP contribution in [0.5, 0.6) is 5.75 Å². The number of hydroxylamine groups is 1. The third kappa shape index (κ3) is 4.05. The highest BCUT2D eigenvalue weighted by Gasteiger charge is 2.16. The first-order chi connectivity index (χ1) is 8.79. The van der Waals surface area contributed by atoms with Crippen LogP contribution in [0.25, 0.3) is 0 Å². The number of hydrogen-bond acceptors (Lipinski definition) is 4. The standard InChI is InChI=1S/C13H18ClNO2S/c1-16-15-8-10-4-5-13(12(14)7-10)17-11-3-2-6-18-9-11/h4-5,7,11,15H,2-3,6,8-9H2,1H3. The fraction of sp³-hybridized carbons (Fsp3) is 0.538. The highest BCUT2D eigenvalue weighted by atomic mass is 35.5. The molecule has 1 aromatic rings. The maximum atomic E-state index is 6.23. The Hall–Kier alpha value is -0.420. The quantitative estimate of drug-likeness (QED) is 0.842. The average Bonchev–Trinajstić information content (AvgIpc) is 2.40. The predicted molar refractivity (Wildman–Crippen MR) is 76.3 cm³/mol. The lowest BCUT2D eigenvalue weighted by molar-refractivity contribution is 0.0867. The first-order valence-electron chi connectivity index (χ1n) is 6.08. The van der Waals surface area contributed by atoms with Gasteiger partial charge in [-0.1, -0.05) is 17.7 Å². The molecule has 0 spiro atoms. The van der Waals surface area contributed by atoms with Gasteiger partial charge in [0.25, 0.3) is 0 Å². The summed E-state index contributed by atoms with van der Waals surface area (Å²) in [6.07, 6.45) is 2.64. The molecule has 2 rings (SSSR count). The summed E-state index contributed by atoms with van der Waals surface area (Å²) in [5, 5.41) is 0.668. The van der Waals surface area contributed by atoms with Crippen molar-refractivity contribution in [2.45, 2.75) is 25.5 Å². The van der Waals surface area contributed by atoms with Gasteiger partial charge in [-0.15, -0.1) is 0 Å². The van der Waals surface area contributed by atoms with Crippen molar-refractivity contribution in [2.24, 2.45) is 0 Å². The van der Waals surface area contributed by atoms with E-state index >= 15 is 0 Å². The normalized spacial score (nSPS) is 19.8. The fourth-order valence-corrected chi connectivity index (χ4v) is 3.17. The van der Waals surface area contributed by atoms with E-state index in [1.54, 1.807) is 7.11 Å². The number of rotatable bonds is 5. The molecule has 100 valence electrons. The zero-order valence-electron chi connectivity index (χ0n) is 10.4. The molecule has 1 N–H and O–H groups in total. The topological polar surface area (TPSA) is 30.5 Å². The minimum atomic E-state index is 0.296. The average molecular weight is 288 g/mol. The molecule has 3 nitrogen and oxygen atoms in total. The number of nitrogens with one attached hydrogen (secondary N) is 1. The van der Waals surface area contributed by atoms with Crippen molar-refractivity contribution in [1.29, 1.82) is 0 Å². The number of benzene rings is 1. The summed E-state index contributed by atoms with van der Waals surface area (Å²) in [5.74, 6) is 3.09. The van der Waals surface area contributed by atoms with Crippen LogP contribution in [0.4, 0.5) is 0 Å². The summed E-state index contributed by atoms with van der Waals surface area (Å²) in [5.41, 5.74) is 3.87. The Bertz CT molecular complexity index is 383. The van der Waals surface area contributed by atoms with Crippen molar-refractivity contribution < 1.29 is 9.57 Å². The van der Waals surface area contributed by atoms with Crippen LogP contribution >= 0.6 is 23.4 Å².